The third-order valence-electron chi connectivity index (χ3n) is 4.52. The van der Waals surface area contributed by atoms with Crippen LogP contribution < -0.4 is 10.1 Å². The van der Waals surface area contributed by atoms with Crippen LogP contribution >= 0.6 is 0 Å². The average molecular weight is 399 g/mol. The first-order chi connectivity index (χ1) is 14.6. The van der Waals surface area contributed by atoms with Crippen molar-refractivity contribution in [2.45, 2.75) is 13.8 Å². The quantitative estimate of drug-likeness (QED) is 0.472. The molecule has 0 saturated carbocycles. The molecule has 6 nitrogen and oxygen atoms in total. The SMILES string of the molecule is CCOc1cccc(C(=O)Nc2ccc(-c3nnc(-c4ccc(C)cc4)o3)cc2)c1. The molecule has 6 heteroatoms. The summed E-state index contributed by atoms with van der Waals surface area (Å²) in [6.45, 7) is 4.48. The van der Waals surface area contributed by atoms with Crippen molar-refractivity contribution < 1.29 is 13.9 Å². The topological polar surface area (TPSA) is 77.2 Å². The van der Waals surface area contributed by atoms with Gasteiger partial charge in [-0.1, -0.05) is 23.8 Å². The normalized spacial score (nSPS) is 10.6. The first-order valence-electron chi connectivity index (χ1n) is 9.67. The fourth-order valence-electron chi connectivity index (χ4n) is 2.95. The van der Waals surface area contributed by atoms with Crippen molar-refractivity contribution in [3.8, 4) is 28.7 Å². The van der Waals surface area contributed by atoms with Crippen molar-refractivity contribution in [3.63, 3.8) is 0 Å². The van der Waals surface area contributed by atoms with E-state index in [2.05, 4.69) is 15.5 Å². The molecule has 0 aliphatic carbocycles. The highest BCUT2D eigenvalue weighted by Crippen LogP contribution is 2.25. The standard InChI is InChI=1S/C24H21N3O3/c1-3-29-21-6-4-5-19(15-21)22(28)25-20-13-11-18(12-14-20)24-27-26-23(30-24)17-9-7-16(2)8-10-17/h4-15H,3H2,1-2H3,(H,25,28). The lowest BCUT2D eigenvalue weighted by Crippen LogP contribution is -2.11. The summed E-state index contributed by atoms with van der Waals surface area (Å²) in [5.41, 5.74) is 4.02. The number of benzene rings is 3. The van der Waals surface area contributed by atoms with Gasteiger partial charge in [-0.25, -0.2) is 0 Å². The second kappa shape index (κ2) is 8.61. The van der Waals surface area contributed by atoms with Gasteiger partial charge in [0.25, 0.3) is 5.91 Å². The maximum atomic E-state index is 12.5. The van der Waals surface area contributed by atoms with E-state index in [1.165, 1.54) is 5.56 Å². The Labute approximate surface area is 174 Å². The summed E-state index contributed by atoms with van der Waals surface area (Å²) in [7, 11) is 0. The van der Waals surface area contributed by atoms with Gasteiger partial charge < -0.3 is 14.5 Å². The molecule has 0 saturated heterocycles. The molecule has 4 aromatic rings. The zero-order valence-corrected chi connectivity index (χ0v) is 16.8. The minimum atomic E-state index is -0.205. The summed E-state index contributed by atoms with van der Waals surface area (Å²) in [6.07, 6.45) is 0. The van der Waals surface area contributed by atoms with Gasteiger partial charge in [-0.05, 0) is 68.4 Å². The van der Waals surface area contributed by atoms with E-state index >= 15 is 0 Å². The molecule has 0 spiro atoms. The van der Waals surface area contributed by atoms with Gasteiger partial charge in [-0.2, -0.15) is 0 Å². The molecule has 0 fully saturated rings. The fourth-order valence-corrected chi connectivity index (χ4v) is 2.95. The van der Waals surface area contributed by atoms with Gasteiger partial charge in [-0.3, -0.25) is 4.79 Å². The van der Waals surface area contributed by atoms with Crippen LogP contribution in [0.3, 0.4) is 0 Å². The van der Waals surface area contributed by atoms with E-state index in [0.717, 1.165) is 11.1 Å². The largest absolute Gasteiger partial charge is 0.494 e. The van der Waals surface area contributed by atoms with Gasteiger partial charge in [-0.15, -0.1) is 10.2 Å². The molecule has 0 atom stereocenters. The Morgan fingerprint density at radius 3 is 2.20 bits per heavy atom. The van der Waals surface area contributed by atoms with Crippen LogP contribution in [0, 0.1) is 6.92 Å². The third-order valence-corrected chi connectivity index (χ3v) is 4.52. The maximum Gasteiger partial charge on any atom is 0.255 e. The van der Waals surface area contributed by atoms with E-state index in [-0.39, 0.29) is 5.91 Å². The highest BCUT2D eigenvalue weighted by atomic mass is 16.5. The van der Waals surface area contributed by atoms with E-state index in [4.69, 9.17) is 9.15 Å². The summed E-state index contributed by atoms with van der Waals surface area (Å²) in [4.78, 5) is 12.5. The number of aromatic nitrogens is 2. The lowest BCUT2D eigenvalue weighted by atomic mass is 10.1. The molecule has 150 valence electrons. The molecule has 1 N–H and O–H groups in total. The van der Waals surface area contributed by atoms with Crippen LogP contribution in [0.2, 0.25) is 0 Å². The molecule has 0 bridgehead atoms. The van der Waals surface area contributed by atoms with Gasteiger partial charge in [0.15, 0.2) is 0 Å². The summed E-state index contributed by atoms with van der Waals surface area (Å²) < 4.78 is 11.2. The zero-order valence-electron chi connectivity index (χ0n) is 16.8. The van der Waals surface area contributed by atoms with E-state index in [0.29, 0.717) is 35.4 Å². The Morgan fingerprint density at radius 1 is 0.933 bits per heavy atom. The predicted molar refractivity (Wildman–Crippen MR) is 115 cm³/mol. The maximum absolute atomic E-state index is 12.5. The van der Waals surface area contributed by atoms with Crippen LogP contribution in [0.5, 0.6) is 5.75 Å². The Bertz CT molecular complexity index is 1150. The Kier molecular flexibility index (Phi) is 5.57. The number of anilines is 1. The number of amides is 1. The summed E-state index contributed by atoms with van der Waals surface area (Å²) in [5, 5.41) is 11.1. The number of carbonyl (C=O) groups is 1. The van der Waals surface area contributed by atoms with Crippen LogP contribution in [0.15, 0.2) is 77.2 Å². The summed E-state index contributed by atoms with van der Waals surface area (Å²) in [6, 6.07) is 22.3. The Morgan fingerprint density at radius 2 is 1.57 bits per heavy atom. The van der Waals surface area contributed by atoms with Gasteiger partial charge >= 0.3 is 0 Å². The number of carbonyl (C=O) groups excluding carboxylic acids is 1. The van der Waals surface area contributed by atoms with E-state index < -0.39 is 0 Å². The number of hydrogen-bond acceptors (Lipinski definition) is 5. The minimum absolute atomic E-state index is 0.205. The molecule has 0 aliphatic heterocycles. The first kappa shape index (κ1) is 19.4. The number of aryl methyl sites for hydroxylation is 1. The molecule has 0 unspecified atom stereocenters. The van der Waals surface area contributed by atoms with Crippen LogP contribution in [0.1, 0.15) is 22.8 Å². The number of nitrogens with one attached hydrogen (secondary N) is 1. The number of hydrogen-bond donors (Lipinski definition) is 1. The summed E-state index contributed by atoms with van der Waals surface area (Å²) >= 11 is 0. The second-order valence-corrected chi connectivity index (χ2v) is 6.77. The molecule has 1 aromatic heterocycles. The number of ether oxygens (including phenoxy) is 1. The molecule has 4 rings (SSSR count). The molecule has 30 heavy (non-hydrogen) atoms. The Hall–Kier alpha value is -3.93. The first-order valence-corrected chi connectivity index (χ1v) is 9.67. The molecule has 1 amide bonds. The van der Waals surface area contributed by atoms with Crippen LogP contribution in [0.4, 0.5) is 5.69 Å². The minimum Gasteiger partial charge on any atom is -0.494 e. The lowest BCUT2D eigenvalue weighted by Gasteiger charge is -2.08. The molecular weight excluding hydrogens is 378 g/mol. The number of nitrogens with zero attached hydrogens (tertiary/aromatic N) is 2. The monoisotopic (exact) mass is 399 g/mol. The van der Waals surface area contributed by atoms with Gasteiger partial charge in [0.1, 0.15) is 5.75 Å². The molecule has 3 aromatic carbocycles. The zero-order chi connectivity index (χ0) is 20.9. The molecule has 1 heterocycles. The number of rotatable bonds is 6. The molecule has 0 radical (unpaired) electrons. The predicted octanol–water partition coefficient (Wildman–Crippen LogP) is 5.36. The highest BCUT2D eigenvalue weighted by molar-refractivity contribution is 6.04. The summed E-state index contributed by atoms with van der Waals surface area (Å²) in [5.74, 6) is 1.36. The third kappa shape index (κ3) is 4.38. The average Bonchev–Trinajstić information content (AvgIpc) is 3.25. The van der Waals surface area contributed by atoms with Gasteiger partial charge in [0.05, 0.1) is 6.61 Å². The van der Waals surface area contributed by atoms with Crippen LogP contribution in [-0.4, -0.2) is 22.7 Å². The molecular formula is C24H21N3O3. The van der Waals surface area contributed by atoms with Crippen molar-refractivity contribution in [2.75, 3.05) is 11.9 Å². The van der Waals surface area contributed by atoms with Crippen molar-refractivity contribution in [2.24, 2.45) is 0 Å². The fraction of sp³-hybridized carbons (Fsp3) is 0.125. The van der Waals surface area contributed by atoms with Gasteiger partial charge in [0.2, 0.25) is 11.8 Å². The van der Waals surface area contributed by atoms with E-state index in [1.807, 2.05) is 56.3 Å². The van der Waals surface area contributed by atoms with Crippen molar-refractivity contribution in [3.05, 3.63) is 83.9 Å². The molecule has 0 aliphatic rings. The lowest BCUT2D eigenvalue weighted by molar-refractivity contribution is 0.102. The van der Waals surface area contributed by atoms with E-state index in [9.17, 15) is 4.79 Å². The van der Waals surface area contributed by atoms with Crippen molar-refractivity contribution in [1.82, 2.24) is 10.2 Å². The van der Waals surface area contributed by atoms with Crippen molar-refractivity contribution >= 4 is 11.6 Å². The van der Waals surface area contributed by atoms with Crippen molar-refractivity contribution in [1.29, 1.82) is 0 Å². The van der Waals surface area contributed by atoms with Crippen LogP contribution in [0.25, 0.3) is 22.9 Å². The Balaban J connectivity index is 1.46. The van der Waals surface area contributed by atoms with Gasteiger partial charge in [0, 0.05) is 22.4 Å². The highest BCUT2D eigenvalue weighted by Gasteiger charge is 2.11. The smallest absolute Gasteiger partial charge is 0.255 e. The van der Waals surface area contributed by atoms with E-state index in [1.54, 1.807) is 30.3 Å². The van der Waals surface area contributed by atoms with Crippen LogP contribution in [-0.2, 0) is 0 Å². The second-order valence-electron chi connectivity index (χ2n) is 6.77.